The molecular weight excluding hydrogens is 833 g/mol. The van der Waals surface area contributed by atoms with Crippen LogP contribution in [0.15, 0.2) is 24.3 Å². The van der Waals surface area contributed by atoms with E-state index in [4.69, 9.17) is 38.6 Å². The minimum atomic E-state index is -1.16. The molecule has 2 amide bonds. The molecular formula is C41H62N6O12S2. The topological polar surface area (TPSA) is 276 Å². The molecule has 2 heterocycles. The van der Waals surface area contributed by atoms with Crippen LogP contribution in [0.1, 0.15) is 77.8 Å². The van der Waals surface area contributed by atoms with Crippen molar-refractivity contribution in [3.8, 4) is 23.0 Å². The molecule has 2 aromatic rings. The Hall–Kier alpha value is -4.28. The highest BCUT2D eigenvalue weighted by atomic mass is 32.1. The van der Waals surface area contributed by atoms with Crippen LogP contribution in [0.25, 0.3) is 0 Å². The van der Waals surface area contributed by atoms with Gasteiger partial charge in [-0.05, 0) is 105 Å². The minimum Gasteiger partial charge on any atom is -0.508 e. The highest BCUT2D eigenvalue weighted by molar-refractivity contribution is 7.80. The normalized spacial score (nSPS) is 24.9. The molecule has 2 fully saturated rings. The van der Waals surface area contributed by atoms with Gasteiger partial charge < -0.3 is 81.9 Å². The standard InChI is InChI=1S/C41H62N6O12S2/c1-21-13-26(49)16-28(51)33(21)36(55)42-9-5-7-11-44-40(60)46-18-31-23(3)24(4)35(54)39(57-31)59-38-30(53)15-25(20-48)32(58-38)19-47-41(61)45-12-8-6-10-43-37(56)34-22(2)14-27(50)17-29(34)52/h13-14,16-17,23-25,30-32,35,38-39,48-54H,5-12,15,18-20H2,1-4H3,(H,42,55)(H,43,56)(H2,44,46,60)(H2,45,47,61)/t23-,24?,25+,30?,31?,32?,35?,38+,39+/m0/s1. The maximum absolute atomic E-state index is 12.5. The zero-order chi connectivity index (χ0) is 44.8. The van der Waals surface area contributed by atoms with Crippen molar-refractivity contribution in [3.05, 3.63) is 46.5 Å². The molecule has 61 heavy (non-hydrogen) atoms. The third-order valence-corrected chi connectivity index (χ3v) is 11.6. The molecule has 20 heteroatoms. The molecule has 4 rings (SSSR count). The number of aryl methyl sites for hydroxylation is 2. The van der Waals surface area contributed by atoms with Crippen molar-refractivity contribution in [2.75, 3.05) is 45.9 Å². The van der Waals surface area contributed by atoms with Crippen LogP contribution in [0.3, 0.4) is 0 Å². The van der Waals surface area contributed by atoms with E-state index in [1.807, 2.05) is 13.8 Å². The Morgan fingerprint density at radius 1 is 0.672 bits per heavy atom. The van der Waals surface area contributed by atoms with Crippen LogP contribution in [0.4, 0.5) is 0 Å². The summed E-state index contributed by atoms with van der Waals surface area (Å²) in [4.78, 5) is 25.0. The van der Waals surface area contributed by atoms with Gasteiger partial charge in [-0.1, -0.05) is 13.8 Å². The lowest BCUT2D eigenvalue weighted by atomic mass is 9.83. The minimum absolute atomic E-state index is 0.0881. The lowest BCUT2D eigenvalue weighted by molar-refractivity contribution is -0.350. The third-order valence-electron chi connectivity index (χ3n) is 11.1. The lowest BCUT2D eigenvalue weighted by Gasteiger charge is -2.45. The Morgan fingerprint density at radius 3 is 1.57 bits per heavy atom. The van der Waals surface area contributed by atoms with Crippen molar-refractivity contribution in [2.24, 2.45) is 17.8 Å². The molecule has 2 aliphatic rings. The number of nitrogens with one attached hydrogen (secondary N) is 6. The van der Waals surface area contributed by atoms with Gasteiger partial charge in [-0.25, -0.2) is 0 Å². The number of hydrogen-bond donors (Lipinski definition) is 13. The number of phenols is 4. The zero-order valence-electron chi connectivity index (χ0n) is 35.0. The average molecular weight is 895 g/mol. The predicted molar refractivity (Wildman–Crippen MR) is 233 cm³/mol. The molecule has 0 aromatic heterocycles. The highest BCUT2D eigenvalue weighted by Gasteiger charge is 2.45. The van der Waals surface area contributed by atoms with Gasteiger partial charge >= 0.3 is 0 Å². The van der Waals surface area contributed by atoms with Gasteiger partial charge in [-0.15, -0.1) is 0 Å². The number of carbonyl (C=O) groups is 2. The molecule has 5 unspecified atom stereocenters. The molecule has 0 bridgehead atoms. The van der Waals surface area contributed by atoms with Gasteiger partial charge in [-0.3, -0.25) is 9.59 Å². The van der Waals surface area contributed by atoms with Crippen LogP contribution in [-0.2, 0) is 14.2 Å². The summed E-state index contributed by atoms with van der Waals surface area (Å²) in [5.41, 5.74) is 1.17. The Bertz CT molecular complexity index is 1760. The third kappa shape index (κ3) is 14.4. The molecule has 2 saturated heterocycles. The number of aromatic hydroxyl groups is 4. The van der Waals surface area contributed by atoms with E-state index in [1.165, 1.54) is 12.1 Å². The van der Waals surface area contributed by atoms with Crippen LogP contribution in [-0.4, -0.2) is 141 Å². The van der Waals surface area contributed by atoms with E-state index in [0.717, 1.165) is 12.1 Å². The van der Waals surface area contributed by atoms with Crippen LogP contribution in [0.2, 0.25) is 0 Å². The van der Waals surface area contributed by atoms with Gasteiger partial charge in [-0.2, -0.15) is 0 Å². The fourth-order valence-corrected chi connectivity index (χ4v) is 7.69. The molecule has 9 atom stereocenters. The van der Waals surface area contributed by atoms with Crippen LogP contribution in [0.5, 0.6) is 23.0 Å². The molecule has 0 spiro atoms. The fourth-order valence-electron chi connectivity index (χ4n) is 7.32. The van der Waals surface area contributed by atoms with E-state index < -0.39 is 54.7 Å². The van der Waals surface area contributed by atoms with Gasteiger partial charge in [0.25, 0.3) is 11.8 Å². The summed E-state index contributed by atoms with van der Waals surface area (Å²) >= 11 is 10.9. The predicted octanol–water partition coefficient (Wildman–Crippen LogP) is 1.23. The lowest BCUT2D eigenvalue weighted by Crippen LogP contribution is -2.57. The Morgan fingerprint density at radius 2 is 1.11 bits per heavy atom. The molecule has 2 aliphatic heterocycles. The van der Waals surface area contributed by atoms with E-state index in [0.29, 0.717) is 79.8 Å². The number of hydrogen-bond acceptors (Lipinski definition) is 14. The first-order valence-electron chi connectivity index (χ1n) is 20.6. The van der Waals surface area contributed by atoms with Gasteiger partial charge in [0.1, 0.15) is 35.2 Å². The number of amides is 2. The van der Waals surface area contributed by atoms with Crippen molar-refractivity contribution in [3.63, 3.8) is 0 Å². The van der Waals surface area contributed by atoms with E-state index >= 15 is 0 Å². The zero-order valence-corrected chi connectivity index (χ0v) is 36.6. The monoisotopic (exact) mass is 894 g/mol. The number of aliphatic hydroxyl groups is 3. The van der Waals surface area contributed by atoms with E-state index in [-0.39, 0.29) is 65.5 Å². The van der Waals surface area contributed by atoms with Gasteiger partial charge in [0.2, 0.25) is 0 Å². The number of ether oxygens (including phenoxy) is 3. The molecule has 340 valence electrons. The summed E-state index contributed by atoms with van der Waals surface area (Å²) < 4.78 is 18.4. The Kier molecular flexibility index (Phi) is 19.3. The smallest absolute Gasteiger partial charge is 0.255 e. The molecule has 13 N–H and O–H groups in total. The Balaban J connectivity index is 1.15. The van der Waals surface area contributed by atoms with Crippen LogP contribution < -0.4 is 31.9 Å². The first kappa shape index (κ1) is 49.4. The number of unbranched alkanes of at least 4 members (excludes halogenated alkanes) is 2. The number of carbonyl (C=O) groups excluding carboxylic acids is 2. The van der Waals surface area contributed by atoms with Gasteiger partial charge in [0, 0.05) is 63.9 Å². The summed E-state index contributed by atoms with van der Waals surface area (Å²) in [6.07, 6.45) is -2.60. The average Bonchev–Trinajstić information content (AvgIpc) is 3.19. The number of thiocarbonyl (C=S) groups is 2. The largest absolute Gasteiger partial charge is 0.508 e. The quantitative estimate of drug-likeness (QED) is 0.0698. The second kappa shape index (κ2) is 23.8. The van der Waals surface area contributed by atoms with Crippen molar-refractivity contribution >= 4 is 46.5 Å². The van der Waals surface area contributed by atoms with Crippen LogP contribution >= 0.6 is 24.4 Å². The van der Waals surface area contributed by atoms with Gasteiger partial charge in [0.05, 0.1) is 23.3 Å². The Labute approximate surface area is 366 Å². The molecule has 2 aromatic carbocycles. The van der Waals surface area contributed by atoms with Crippen molar-refractivity contribution in [1.29, 1.82) is 0 Å². The summed E-state index contributed by atoms with van der Waals surface area (Å²) in [5.74, 6) is -2.42. The molecule has 0 aliphatic carbocycles. The van der Waals surface area contributed by atoms with E-state index in [9.17, 15) is 45.3 Å². The highest BCUT2D eigenvalue weighted by Crippen LogP contribution is 2.34. The number of benzene rings is 2. The molecule has 0 saturated carbocycles. The van der Waals surface area contributed by atoms with Crippen molar-refractivity contribution in [2.45, 2.75) is 96.8 Å². The molecule has 18 nitrogen and oxygen atoms in total. The maximum Gasteiger partial charge on any atom is 0.255 e. The summed E-state index contributed by atoms with van der Waals surface area (Å²) in [5, 5.41) is 90.1. The van der Waals surface area contributed by atoms with E-state index in [2.05, 4.69) is 31.9 Å². The first-order valence-corrected chi connectivity index (χ1v) is 21.4. The number of aliphatic hydroxyl groups excluding tert-OH is 3. The van der Waals surface area contributed by atoms with E-state index in [1.54, 1.807) is 13.8 Å². The second-order valence-corrected chi connectivity index (χ2v) is 16.5. The molecule has 0 radical (unpaired) electrons. The van der Waals surface area contributed by atoms with Crippen molar-refractivity contribution < 1.29 is 59.5 Å². The number of rotatable bonds is 19. The summed E-state index contributed by atoms with van der Waals surface area (Å²) in [6.45, 7) is 9.16. The summed E-state index contributed by atoms with van der Waals surface area (Å²) in [6, 6.07) is 5.06. The SMILES string of the molecule is Cc1cc(O)cc(O)c1C(=O)NCCCCNC(=S)NCC1O[C@H](O[C@H]2OC(CNC(=S)NCCCCNC(=O)c3c(C)cc(O)cc3O)[C@@H](C)C(C)C2O)C(O)C[C@@H]1CO. The van der Waals surface area contributed by atoms with Crippen molar-refractivity contribution in [1.82, 2.24) is 31.9 Å². The summed E-state index contributed by atoms with van der Waals surface area (Å²) in [7, 11) is 0. The first-order chi connectivity index (χ1) is 29.0. The maximum atomic E-state index is 12.5. The second-order valence-electron chi connectivity index (χ2n) is 15.7. The van der Waals surface area contributed by atoms with Crippen LogP contribution in [0, 0.1) is 31.6 Å². The number of phenolic OH excluding ortho intramolecular Hbond substituents is 4. The van der Waals surface area contributed by atoms with Gasteiger partial charge in [0.15, 0.2) is 22.8 Å². The fraction of sp³-hybridized carbons (Fsp3) is 0.610.